The van der Waals surface area contributed by atoms with Gasteiger partial charge in [-0.3, -0.25) is 30.3 Å². The number of aliphatic carboxylic acids is 1. The number of non-ortho nitro benzene ring substituents is 2. The number of allylic oxidation sites excluding steroid dienone is 1. The van der Waals surface area contributed by atoms with Crippen LogP contribution in [0.5, 0.6) is 0 Å². The number of nitro benzene ring substituents is 3. The minimum Gasteiger partial charge on any atom is -0.545 e. The Morgan fingerprint density at radius 1 is 0.929 bits per heavy atom. The number of carboxylic acid groups (broad SMARTS) is 1. The number of carbonyl (C=O) groups excluding carboxylic acids is 1. The summed E-state index contributed by atoms with van der Waals surface area (Å²) in [5.41, 5.74) is -0.899. The third-order valence-electron chi connectivity index (χ3n) is 4.46. The molecule has 0 aromatic heterocycles. The molecule has 0 saturated heterocycles. The zero-order chi connectivity index (χ0) is 20.7. The van der Waals surface area contributed by atoms with Crippen molar-refractivity contribution in [2.24, 2.45) is 0 Å². The fourth-order valence-electron chi connectivity index (χ4n) is 3.24. The monoisotopic (exact) mass is 384 g/mol. The summed E-state index contributed by atoms with van der Waals surface area (Å²) < 4.78 is 0. The Morgan fingerprint density at radius 3 is 2.07 bits per heavy atom. The van der Waals surface area contributed by atoms with Crippen LogP contribution in [0, 0.1) is 30.3 Å². The van der Waals surface area contributed by atoms with Crippen LogP contribution >= 0.6 is 0 Å². The van der Waals surface area contributed by atoms with Gasteiger partial charge in [-0.25, -0.2) is 0 Å². The van der Waals surface area contributed by atoms with Crippen LogP contribution in [0.25, 0.3) is 11.1 Å². The first-order chi connectivity index (χ1) is 13.1. The topological polar surface area (TPSA) is 170 Å². The highest BCUT2D eigenvalue weighted by Crippen LogP contribution is 2.52. The first-order valence-corrected chi connectivity index (χ1v) is 7.77. The van der Waals surface area contributed by atoms with Gasteiger partial charge in [-0.1, -0.05) is 6.08 Å². The molecule has 1 aliphatic rings. The molecule has 0 N–H and O–H groups in total. The molecule has 142 valence electrons. The first kappa shape index (κ1) is 18.6. The van der Waals surface area contributed by atoms with E-state index in [0.717, 1.165) is 18.2 Å². The van der Waals surface area contributed by atoms with Crippen LogP contribution in [0.1, 0.15) is 24.0 Å². The standard InChI is InChI=1S/C17H11N3O8/c1-8(17(21)22)4-12-13-5-9(18(23)24)2-3-11(13)16-14(12)6-10(19(25)26)7-15(16)20(27)28/h2-7,12H,1H3,(H,21,22)/p-1/b8-4+. The zero-order valence-corrected chi connectivity index (χ0v) is 14.1. The van der Waals surface area contributed by atoms with Crippen LogP contribution < -0.4 is 5.11 Å². The molecule has 0 saturated carbocycles. The molecule has 28 heavy (non-hydrogen) atoms. The van der Waals surface area contributed by atoms with Crippen LogP contribution in [0.15, 0.2) is 42.0 Å². The van der Waals surface area contributed by atoms with E-state index in [9.17, 15) is 40.2 Å². The molecule has 0 amide bonds. The lowest BCUT2D eigenvalue weighted by atomic mass is 9.94. The second kappa shape index (κ2) is 6.54. The molecule has 11 nitrogen and oxygen atoms in total. The van der Waals surface area contributed by atoms with Gasteiger partial charge in [-0.15, -0.1) is 0 Å². The minimum atomic E-state index is -1.50. The molecular formula is C17H10N3O8-. The average Bonchev–Trinajstić information content (AvgIpc) is 2.93. The Balaban J connectivity index is 2.40. The van der Waals surface area contributed by atoms with Gasteiger partial charge in [0.2, 0.25) is 0 Å². The maximum absolute atomic E-state index is 11.5. The van der Waals surface area contributed by atoms with Crippen LogP contribution in [-0.4, -0.2) is 20.7 Å². The number of hydrogen-bond acceptors (Lipinski definition) is 8. The van der Waals surface area contributed by atoms with Crippen molar-refractivity contribution in [3.63, 3.8) is 0 Å². The number of nitrogens with zero attached hydrogens (tertiary/aromatic N) is 3. The van der Waals surface area contributed by atoms with Crippen LogP contribution in [0.4, 0.5) is 17.1 Å². The van der Waals surface area contributed by atoms with E-state index in [4.69, 9.17) is 0 Å². The molecule has 3 rings (SSSR count). The van der Waals surface area contributed by atoms with Crippen molar-refractivity contribution >= 4 is 23.0 Å². The minimum absolute atomic E-state index is 0.0629. The van der Waals surface area contributed by atoms with Crippen molar-refractivity contribution < 1.29 is 24.7 Å². The van der Waals surface area contributed by atoms with Gasteiger partial charge in [0.25, 0.3) is 17.1 Å². The molecule has 0 spiro atoms. The first-order valence-electron chi connectivity index (χ1n) is 7.77. The maximum Gasteiger partial charge on any atom is 0.284 e. The summed E-state index contributed by atoms with van der Waals surface area (Å²) in [5.74, 6) is -2.46. The summed E-state index contributed by atoms with van der Waals surface area (Å²) in [7, 11) is 0. The van der Waals surface area contributed by atoms with E-state index < -0.39 is 38.0 Å². The van der Waals surface area contributed by atoms with Crippen molar-refractivity contribution in [3.8, 4) is 11.1 Å². The van der Waals surface area contributed by atoms with E-state index >= 15 is 0 Å². The van der Waals surface area contributed by atoms with Crippen LogP contribution in [0.3, 0.4) is 0 Å². The third kappa shape index (κ3) is 2.94. The molecule has 0 radical (unpaired) electrons. The number of carboxylic acids is 1. The number of fused-ring (bicyclic) bond motifs is 3. The molecule has 0 fully saturated rings. The Labute approximate surface area is 156 Å². The highest BCUT2D eigenvalue weighted by Gasteiger charge is 2.37. The Kier molecular flexibility index (Phi) is 4.35. The number of carbonyl (C=O) groups is 1. The molecule has 1 unspecified atom stereocenters. The molecule has 2 aromatic carbocycles. The van der Waals surface area contributed by atoms with Gasteiger partial charge in [0.1, 0.15) is 0 Å². The smallest absolute Gasteiger partial charge is 0.284 e. The predicted octanol–water partition coefficient (Wildman–Crippen LogP) is 2.22. The second-order valence-corrected chi connectivity index (χ2v) is 6.09. The van der Waals surface area contributed by atoms with Crippen molar-refractivity contribution in [2.45, 2.75) is 12.8 Å². The summed E-state index contributed by atoms with van der Waals surface area (Å²) in [6.07, 6.45) is 1.21. The molecule has 1 atom stereocenters. The van der Waals surface area contributed by atoms with Gasteiger partial charge in [-0.05, 0) is 35.3 Å². The van der Waals surface area contributed by atoms with Gasteiger partial charge in [0, 0.05) is 24.1 Å². The lowest BCUT2D eigenvalue weighted by Crippen LogP contribution is -2.23. The summed E-state index contributed by atoms with van der Waals surface area (Å²) in [6, 6.07) is 5.56. The fraction of sp³-hybridized carbons (Fsp3) is 0.118. The van der Waals surface area contributed by atoms with Crippen molar-refractivity contribution in [1.29, 1.82) is 0 Å². The van der Waals surface area contributed by atoms with Gasteiger partial charge in [0.05, 0.1) is 32.4 Å². The van der Waals surface area contributed by atoms with E-state index in [1.165, 1.54) is 25.1 Å². The lowest BCUT2D eigenvalue weighted by molar-refractivity contribution is -0.393. The predicted molar refractivity (Wildman–Crippen MR) is 92.4 cm³/mol. The van der Waals surface area contributed by atoms with Crippen molar-refractivity contribution in [2.75, 3.05) is 0 Å². The molecule has 0 bridgehead atoms. The van der Waals surface area contributed by atoms with E-state index in [0.29, 0.717) is 0 Å². The maximum atomic E-state index is 11.5. The number of hydrogen-bond donors (Lipinski definition) is 0. The number of rotatable bonds is 5. The van der Waals surface area contributed by atoms with Crippen LogP contribution in [-0.2, 0) is 4.79 Å². The van der Waals surface area contributed by atoms with E-state index in [1.54, 1.807) is 0 Å². The van der Waals surface area contributed by atoms with Gasteiger partial charge >= 0.3 is 0 Å². The van der Waals surface area contributed by atoms with Crippen LogP contribution in [0.2, 0.25) is 0 Å². The summed E-state index contributed by atoms with van der Waals surface area (Å²) in [6.45, 7) is 1.23. The Hall–Kier alpha value is -4.15. The van der Waals surface area contributed by atoms with E-state index in [-0.39, 0.29) is 33.5 Å². The third-order valence-corrected chi connectivity index (χ3v) is 4.46. The largest absolute Gasteiger partial charge is 0.545 e. The Morgan fingerprint density at radius 2 is 1.54 bits per heavy atom. The number of nitro groups is 3. The van der Waals surface area contributed by atoms with E-state index in [2.05, 4.69) is 0 Å². The normalized spacial score (nSPS) is 14.9. The molecule has 2 aromatic rings. The Bertz CT molecular complexity index is 1110. The fourth-order valence-corrected chi connectivity index (χ4v) is 3.24. The molecule has 0 heterocycles. The number of benzene rings is 2. The van der Waals surface area contributed by atoms with Gasteiger partial charge in [-0.2, -0.15) is 0 Å². The average molecular weight is 384 g/mol. The van der Waals surface area contributed by atoms with Gasteiger partial charge in [0.15, 0.2) is 0 Å². The van der Waals surface area contributed by atoms with Crippen molar-refractivity contribution in [1.82, 2.24) is 0 Å². The quantitative estimate of drug-likeness (QED) is 0.429. The molecule has 0 aliphatic heterocycles. The molecular weight excluding hydrogens is 374 g/mol. The van der Waals surface area contributed by atoms with E-state index in [1.807, 2.05) is 0 Å². The molecule has 1 aliphatic carbocycles. The summed E-state index contributed by atoms with van der Waals surface area (Å²) >= 11 is 0. The highest BCUT2D eigenvalue weighted by atomic mass is 16.6. The summed E-state index contributed by atoms with van der Waals surface area (Å²) in [4.78, 5) is 42.7. The van der Waals surface area contributed by atoms with Gasteiger partial charge < -0.3 is 9.90 Å². The second-order valence-electron chi connectivity index (χ2n) is 6.09. The SMILES string of the molecule is C/C(=C\C1c2cc([N+](=O)[O-])ccc2-c2c1cc([N+](=O)[O-])cc2[N+](=O)[O-])C(=O)[O-]. The zero-order valence-electron chi connectivity index (χ0n) is 14.1. The summed E-state index contributed by atoms with van der Waals surface area (Å²) in [5, 5.41) is 45.0. The lowest BCUT2D eigenvalue weighted by Gasteiger charge is -2.11. The molecule has 11 heteroatoms. The van der Waals surface area contributed by atoms with Crippen molar-refractivity contribution in [3.05, 3.63) is 83.5 Å². The highest BCUT2D eigenvalue weighted by molar-refractivity contribution is 5.90.